The summed E-state index contributed by atoms with van der Waals surface area (Å²) < 4.78 is 0. The topological polar surface area (TPSA) is 72.9 Å². The van der Waals surface area contributed by atoms with E-state index < -0.39 is 0 Å². The SMILES string of the molecule is CC(=O)N1CCCCCCCN(CC(C)C)Cc2cc(C(=O)N[C@H](CO)CC(C)C)ccc21. The summed E-state index contributed by atoms with van der Waals surface area (Å²) in [6.07, 6.45) is 6.43. The van der Waals surface area contributed by atoms with E-state index in [0.717, 1.165) is 43.6 Å². The zero-order valence-electron chi connectivity index (χ0n) is 21.4. The fraction of sp³-hybridized carbons (Fsp3) is 0.704. The van der Waals surface area contributed by atoms with Crippen LogP contribution in [0.5, 0.6) is 0 Å². The summed E-state index contributed by atoms with van der Waals surface area (Å²) in [5.74, 6) is 0.789. The molecule has 0 aromatic heterocycles. The number of aliphatic hydroxyl groups excluding tert-OH is 1. The van der Waals surface area contributed by atoms with Crippen LogP contribution in [0.15, 0.2) is 18.2 Å². The smallest absolute Gasteiger partial charge is 0.251 e. The van der Waals surface area contributed by atoms with Crippen molar-refractivity contribution in [2.24, 2.45) is 11.8 Å². The maximum Gasteiger partial charge on any atom is 0.251 e. The Labute approximate surface area is 200 Å². The quantitative estimate of drug-likeness (QED) is 0.625. The lowest BCUT2D eigenvalue weighted by Crippen LogP contribution is -2.38. The van der Waals surface area contributed by atoms with Crippen LogP contribution in [-0.4, -0.2) is 54.1 Å². The van der Waals surface area contributed by atoms with Crippen LogP contribution in [0.25, 0.3) is 0 Å². The number of hydrogen-bond donors (Lipinski definition) is 2. The summed E-state index contributed by atoms with van der Waals surface area (Å²) in [6, 6.07) is 5.43. The Balaban J connectivity index is 2.39. The Morgan fingerprint density at radius 1 is 1.00 bits per heavy atom. The molecule has 1 atom stereocenters. The van der Waals surface area contributed by atoms with Crippen molar-refractivity contribution < 1.29 is 14.7 Å². The van der Waals surface area contributed by atoms with Gasteiger partial charge in [-0.05, 0) is 61.4 Å². The highest BCUT2D eigenvalue weighted by molar-refractivity contribution is 5.97. The zero-order chi connectivity index (χ0) is 24.4. The van der Waals surface area contributed by atoms with Crippen molar-refractivity contribution in [2.75, 3.05) is 31.1 Å². The first kappa shape index (κ1) is 27.3. The average Bonchev–Trinajstić information content (AvgIpc) is 2.73. The van der Waals surface area contributed by atoms with E-state index in [1.54, 1.807) is 6.92 Å². The monoisotopic (exact) mass is 459 g/mol. The molecule has 1 aromatic carbocycles. The minimum atomic E-state index is -0.260. The fourth-order valence-electron chi connectivity index (χ4n) is 4.71. The Morgan fingerprint density at radius 2 is 1.67 bits per heavy atom. The number of nitrogens with one attached hydrogen (secondary N) is 1. The average molecular weight is 460 g/mol. The third-order valence-corrected chi connectivity index (χ3v) is 6.20. The van der Waals surface area contributed by atoms with Gasteiger partial charge >= 0.3 is 0 Å². The van der Waals surface area contributed by atoms with Crippen molar-refractivity contribution in [3.8, 4) is 0 Å². The molecule has 0 unspecified atom stereocenters. The van der Waals surface area contributed by atoms with Crippen LogP contribution in [-0.2, 0) is 11.3 Å². The summed E-state index contributed by atoms with van der Waals surface area (Å²) in [6.45, 7) is 13.6. The van der Waals surface area contributed by atoms with Crippen molar-refractivity contribution in [3.05, 3.63) is 29.3 Å². The largest absolute Gasteiger partial charge is 0.394 e. The number of amides is 2. The van der Waals surface area contributed by atoms with E-state index in [0.29, 0.717) is 30.5 Å². The number of aliphatic hydroxyl groups is 1. The third kappa shape index (κ3) is 9.09. The first-order chi connectivity index (χ1) is 15.7. The van der Waals surface area contributed by atoms with Gasteiger partial charge < -0.3 is 15.3 Å². The molecule has 2 amide bonds. The van der Waals surface area contributed by atoms with Gasteiger partial charge in [0.05, 0.1) is 12.6 Å². The van der Waals surface area contributed by atoms with E-state index in [1.807, 2.05) is 23.1 Å². The minimum absolute atomic E-state index is 0.0400. The minimum Gasteiger partial charge on any atom is -0.394 e. The predicted molar refractivity (Wildman–Crippen MR) is 135 cm³/mol. The van der Waals surface area contributed by atoms with E-state index in [9.17, 15) is 14.7 Å². The second-order valence-corrected chi connectivity index (χ2v) is 10.4. The molecular formula is C27H45N3O3. The van der Waals surface area contributed by atoms with Crippen LogP contribution in [0.1, 0.15) is 89.1 Å². The van der Waals surface area contributed by atoms with Crippen molar-refractivity contribution in [3.63, 3.8) is 0 Å². The molecule has 1 aliphatic heterocycles. The van der Waals surface area contributed by atoms with Gasteiger partial charge in [-0.25, -0.2) is 0 Å². The molecule has 0 saturated carbocycles. The summed E-state index contributed by atoms with van der Waals surface area (Å²) in [5, 5.41) is 12.7. The lowest BCUT2D eigenvalue weighted by molar-refractivity contribution is -0.116. The van der Waals surface area contributed by atoms with Crippen LogP contribution in [0.3, 0.4) is 0 Å². The molecule has 0 fully saturated rings. The molecule has 33 heavy (non-hydrogen) atoms. The van der Waals surface area contributed by atoms with Crippen LogP contribution in [0.4, 0.5) is 5.69 Å². The fourth-order valence-corrected chi connectivity index (χ4v) is 4.71. The lowest BCUT2D eigenvalue weighted by atomic mass is 10.0. The van der Waals surface area contributed by atoms with E-state index in [2.05, 4.69) is 37.9 Å². The van der Waals surface area contributed by atoms with Gasteiger partial charge in [-0.15, -0.1) is 0 Å². The highest BCUT2D eigenvalue weighted by Crippen LogP contribution is 2.26. The number of rotatable bonds is 7. The number of carbonyl (C=O) groups excluding carboxylic acids is 2. The predicted octanol–water partition coefficient (Wildman–Crippen LogP) is 4.60. The van der Waals surface area contributed by atoms with Crippen molar-refractivity contribution >= 4 is 17.5 Å². The standard InChI is InChI=1S/C27H45N3O3/c1-20(2)15-25(19-31)28-27(33)23-11-12-26-24(16-23)18-29(17-21(3)4)13-9-7-6-8-10-14-30(26)22(5)32/h11-12,16,20-21,25,31H,6-10,13-15,17-19H2,1-5H3,(H,28,33)/t25-/m0/s1. The molecule has 6 nitrogen and oxygen atoms in total. The number of fused-ring (bicyclic) bond motifs is 1. The molecule has 186 valence electrons. The van der Waals surface area contributed by atoms with Gasteiger partial charge in [0.1, 0.15) is 0 Å². The van der Waals surface area contributed by atoms with E-state index in [1.165, 1.54) is 19.3 Å². The van der Waals surface area contributed by atoms with Crippen LogP contribution >= 0.6 is 0 Å². The molecule has 0 spiro atoms. The Morgan fingerprint density at radius 3 is 2.27 bits per heavy atom. The van der Waals surface area contributed by atoms with Gasteiger partial charge in [0, 0.05) is 37.8 Å². The van der Waals surface area contributed by atoms with Gasteiger partial charge in [0.25, 0.3) is 5.91 Å². The van der Waals surface area contributed by atoms with E-state index in [-0.39, 0.29) is 24.5 Å². The normalized spacial score (nSPS) is 17.3. The number of anilines is 1. The van der Waals surface area contributed by atoms with Crippen LogP contribution in [0.2, 0.25) is 0 Å². The van der Waals surface area contributed by atoms with Crippen LogP contribution in [0, 0.1) is 11.8 Å². The second kappa shape index (κ2) is 13.7. The van der Waals surface area contributed by atoms with Crippen molar-refractivity contribution in [2.45, 2.75) is 85.7 Å². The van der Waals surface area contributed by atoms with E-state index in [4.69, 9.17) is 0 Å². The molecular weight excluding hydrogens is 414 g/mol. The number of nitrogens with zero attached hydrogens (tertiary/aromatic N) is 2. The molecule has 2 rings (SSSR count). The number of carbonyl (C=O) groups is 2. The first-order valence-electron chi connectivity index (χ1n) is 12.8. The van der Waals surface area contributed by atoms with Gasteiger partial charge in [-0.2, -0.15) is 0 Å². The van der Waals surface area contributed by atoms with Gasteiger partial charge in [-0.1, -0.05) is 47.0 Å². The van der Waals surface area contributed by atoms with Crippen molar-refractivity contribution in [1.82, 2.24) is 10.2 Å². The maximum absolute atomic E-state index is 13.0. The Kier molecular flexibility index (Phi) is 11.3. The highest BCUT2D eigenvalue weighted by atomic mass is 16.3. The number of hydrogen-bond acceptors (Lipinski definition) is 4. The molecule has 2 N–H and O–H groups in total. The van der Waals surface area contributed by atoms with Gasteiger partial charge in [0.15, 0.2) is 0 Å². The highest BCUT2D eigenvalue weighted by Gasteiger charge is 2.21. The number of benzene rings is 1. The van der Waals surface area contributed by atoms with Gasteiger partial charge in [0.2, 0.25) is 5.91 Å². The first-order valence-corrected chi connectivity index (χ1v) is 12.8. The molecule has 0 aliphatic carbocycles. The molecule has 6 heteroatoms. The third-order valence-electron chi connectivity index (χ3n) is 6.20. The lowest BCUT2D eigenvalue weighted by Gasteiger charge is -2.30. The van der Waals surface area contributed by atoms with Crippen LogP contribution < -0.4 is 10.2 Å². The summed E-state index contributed by atoms with van der Waals surface area (Å²) >= 11 is 0. The maximum atomic E-state index is 13.0. The molecule has 1 heterocycles. The Hall–Kier alpha value is -1.92. The summed E-state index contributed by atoms with van der Waals surface area (Å²) in [5.41, 5.74) is 2.51. The summed E-state index contributed by atoms with van der Waals surface area (Å²) in [7, 11) is 0. The summed E-state index contributed by atoms with van der Waals surface area (Å²) in [4.78, 5) is 29.9. The molecule has 0 radical (unpaired) electrons. The zero-order valence-corrected chi connectivity index (χ0v) is 21.4. The van der Waals surface area contributed by atoms with Crippen molar-refractivity contribution in [1.29, 1.82) is 0 Å². The molecule has 0 bridgehead atoms. The van der Waals surface area contributed by atoms with Gasteiger partial charge in [-0.3, -0.25) is 14.5 Å². The van der Waals surface area contributed by atoms with E-state index >= 15 is 0 Å². The molecule has 1 aromatic rings. The molecule has 1 aliphatic rings. The second-order valence-electron chi connectivity index (χ2n) is 10.4. The Bertz CT molecular complexity index is 763. The molecule has 0 saturated heterocycles.